The summed E-state index contributed by atoms with van der Waals surface area (Å²) in [5.74, 6) is 1.72. The molecule has 0 aromatic heterocycles. The molecule has 19 heavy (non-hydrogen) atoms. The standard InChI is InChI=1S/C15H26N2O2/c1-16-10-6-7-14(17(2)3)13-9-8-12(18-4)11-15(13)19-5/h8-9,11,14,16H,6-7,10H2,1-5H3. The van der Waals surface area contributed by atoms with Gasteiger partial charge in [0.2, 0.25) is 0 Å². The molecule has 0 aliphatic rings. The molecule has 108 valence electrons. The highest BCUT2D eigenvalue weighted by molar-refractivity contribution is 5.42. The Morgan fingerprint density at radius 2 is 1.95 bits per heavy atom. The molecule has 1 aromatic rings. The van der Waals surface area contributed by atoms with Crippen LogP contribution in [-0.2, 0) is 0 Å². The third kappa shape index (κ3) is 4.40. The topological polar surface area (TPSA) is 33.7 Å². The van der Waals surface area contributed by atoms with Crippen LogP contribution in [0.3, 0.4) is 0 Å². The summed E-state index contributed by atoms with van der Waals surface area (Å²) in [6.07, 6.45) is 2.23. The number of hydrogen-bond donors (Lipinski definition) is 1. The lowest BCUT2D eigenvalue weighted by Gasteiger charge is -2.26. The van der Waals surface area contributed by atoms with E-state index < -0.39 is 0 Å². The molecular formula is C15H26N2O2. The smallest absolute Gasteiger partial charge is 0.127 e. The van der Waals surface area contributed by atoms with Gasteiger partial charge < -0.3 is 19.7 Å². The minimum Gasteiger partial charge on any atom is -0.497 e. The molecule has 1 N–H and O–H groups in total. The van der Waals surface area contributed by atoms with Crippen LogP contribution in [0.4, 0.5) is 0 Å². The lowest BCUT2D eigenvalue weighted by atomic mass is 9.99. The van der Waals surface area contributed by atoms with Crippen LogP contribution >= 0.6 is 0 Å². The highest BCUT2D eigenvalue weighted by Crippen LogP contribution is 2.33. The zero-order chi connectivity index (χ0) is 14.3. The van der Waals surface area contributed by atoms with Crippen molar-refractivity contribution in [3.8, 4) is 11.5 Å². The predicted octanol–water partition coefficient (Wildman–Crippen LogP) is 2.31. The van der Waals surface area contributed by atoms with Crippen LogP contribution in [0, 0.1) is 0 Å². The van der Waals surface area contributed by atoms with Crippen LogP contribution in [-0.4, -0.2) is 46.8 Å². The van der Waals surface area contributed by atoms with E-state index >= 15 is 0 Å². The first-order valence-corrected chi connectivity index (χ1v) is 6.67. The van der Waals surface area contributed by atoms with Crippen molar-refractivity contribution in [2.75, 3.05) is 41.9 Å². The van der Waals surface area contributed by atoms with Crippen molar-refractivity contribution in [1.82, 2.24) is 10.2 Å². The molecule has 0 aliphatic heterocycles. The van der Waals surface area contributed by atoms with Gasteiger partial charge in [-0.25, -0.2) is 0 Å². The maximum Gasteiger partial charge on any atom is 0.127 e. The molecule has 4 nitrogen and oxygen atoms in total. The second-order valence-corrected chi connectivity index (χ2v) is 4.83. The van der Waals surface area contributed by atoms with Crippen molar-refractivity contribution >= 4 is 0 Å². The maximum absolute atomic E-state index is 5.50. The monoisotopic (exact) mass is 266 g/mol. The van der Waals surface area contributed by atoms with Crippen molar-refractivity contribution in [2.45, 2.75) is 18.9 Å². The maximum atomic E-state index is 5.50. The summed E-state index contributed by atoms with van der Waals surface area (Å²) in [4.78, 5) is 2.24. The third-order valence-corrected chi connectivity index (χ3v) is 3.33. The summed E-state index contributed by atoms with van der Waals surface area (Å²) in [6, 6.07) is 6.40. The van der Waals surface area contributed by atoms with E-state index in [1.165, 1.54) is 5.56 Å². The number of ether oxygens (including phenoxy) is 2. The van der Waals surface area contributed by atoms with Crippen molar-refractivity contribution < 1.29 is 9.47 Å². The Labute approximate surface area is 116 Å². The van der Waals surface area contributed by atoms with E-state index in [0.29, 0.717) is 6.04 Å². The number of rotatable bonds is 8. The largest absolute Gasteiger partial charge is 0.497 e. The highest BCUT2D eigenvalue weighted by Gasteiger charge is 2.18. The van der Waals surface area contributed by atoms with Gasteiger partial charge in [-0.1, -0.05) is 6.07 Å². The van der Waals surface area contributed by atoms with Gasteiger partial charge in [0.25, 0.3) is 0 Å². The van der Waals surface area contributed by atoms with Gasteiger partial charge in [0.15, 0.2) is 0 Å². The number of benzene rings is 1. The molecule has 1 atom stereocenters. The molecule has 0 saturated carbocycles. The predicted molar refractivity (Wildman–Crippen MR) is 79.1 cm³/mol. The second kappa shape index (κ2) is 8.02. The molecule has 0 saturated heterocycles. The molecule has 1 rings (SSSR count). The van der Waals surface area contributed by atoms with Crippen LogP contribution in [0.25, 0.3) is 0 Å². The normalized spacial score (nSPS) is 12.5. The van der Waals surface area contributed by atoms with E-state index in [4.69, 9.17) is 9.47 Å². The Morgan fingerprint density at radius 1 is 1.21 bits per heavy atom. The SMILES string of the molecule is CNCCCC(c1ccc(OC)cc1OC)N(C)C. The molecule has 1 unspecified atom stereocenters. The molecule has 4 heteroatoms. The molecular weight excluding hydrogens is 240 g/mol. The van der Waals surface area contributed by atoms with Crippen LogP contribution in [0.1, 0.15) is 24.4 Å². The number of nitrogens with one attached hydrogen (secondary N) is 1. The van der Waals surface area contributed by atoms with E-state index in [0.717, 1.165) is 30.9 Å². The minimum atomic E-state index is 0.356. The fourth-order valence-electron chi connectivity index (χ4n) is 2.26. The Kier molecular flexibility index (Phi) is 6.67. The highest BCUT2D eigenvalue weighted by atomic mass is 16.5. The van der Waals surface area contributed by atoms with Gasteiger partial charge in [0.05, 0.1) is 14.2 Å². The van der Waals surface area contributed by atoms with Gasteiger partial charge >= 0.3 is 0 Å². The van der Waals surface area contributed by atoms with Gasteiger partial charge in [0.1, 0.15) is 11.5 Å². The molecule has 0 radical (unpaired) electrons. The van der Waals surface area contributed by atoms with Gasteiger partial charge in [0, 0.05) is 17.7 Å². The summed E-state index contributed by atoms with van der Waals surface area (Å²) < 4.78 is 10.7. The third-order valence-electron chi connectivity index (χ3n) is 3.33. The lowest BCUT2D eigenvalue weighted by molar-refractivity contribution is 0.269. The second-order valence-electron chi connectivity index (χ2n) is 4.83. The molecule has 0 amide bonds. The zero-order valence-corrected chi connectivity index (χ0v) is 12.7. The molecule has 0 heterocycles. The van der Waals surface area contributed by atoms with E-state index in [2.05, 4.69) is 30.4 Å². The van der Waals surface area contributed by atoms with Crippen molar-refractivity contribution in [3.05, 3.63) is 23.8 Å². The first kappa shape index (κ1) is 15.8. The zero-order valence-electron chi connectivity index (χ0n) is 12.7. The Morgan fingerprint density at radius 3 is 2.47 bits per heavy atom. The summed E-state index contributed by atoms with van der Waals surface area (Å²) in [5.41, 5.74) is 1.21. The average Bonchev–Trinajstić information content (AvgIpc) is 2.43. The molecule has 0 bridgehead atoms. The Bertz CT molecular complexity index is 380. The summed E-state index contributed by atoms with van der Waals surface area (Å²) in [6.45, 7) is 1.03. The number of methoxy groups -OCH3 is 2. The summed E-state index contributed by atoms with van der Waals surface area (Å²) in [7, 11) is 9.57. The molecule has 0 aliphatic carbocycles. The fourth-order valence-corrected chi connectivity index (χ4v) is 2.26. The van der Waals surface area contributed by atoms with Gasteiger partial charge in [-0.2, -0.15) is 0 Å². The Balaban J connectivity index is 2.94. The van der Waals surface area contributed by atoms with Gasteiger partial charge in [-0.15, -0.1) is 0 Å². The number of hydrogen-bond acceptors (Lipinski definition) is 4. The lowest BCUT2D eigenvalue weighted by Crippen LogP contribution is -2.22. The minimum absolute atomic E-state index is 0.356. The molecule has 1 aromatic carbocycles. The van der Waals surface area contributed by atoms with E-state index in [9.17, 15) is 0 Å². The van der Waals surface area contributed by atoms with E-state index in [1.807, 2.05) is 19.2 Å². The first-order valence-electron chi connectivity index (χ1n) is 6.67. The van der Waals surface area contributed by atoms with Crippen LogP contribution in [0.15, 0.2) is 18.2 Å². The van der Waals surface area contributed by atoms with E-state index in [1.54, 1.807) is 14.2 Å². The van der Waals surface area contributed by atoms with Crippen LogP contribution in [0.2, 0.25) is 0 Å². The van der Waals surface area contributed by atoms with Crippen molar-refractivity contribution in [3.63, 3.8) is 0 Å². The first-order chi connectivity index (χ1) is 9.13. The quantitative estimate of drug-likeness (QED) is 0.732. The molecule has 0 spiro atoms. The van der Waals surface area contributed by atoms with Crippen LogP contribution in [0.5, 0.6) is 11.5 Å². The summed E-state index contributed by atoms with van der Waals surface area (Å²) in [5, 5.41) is 3.19. The fraction of sp³-hybridized carbons (Fsp3) is 0.600. The average molecular weight is 266 g/mol. The summed E-state index contributed by atoms with van der Waals surface area (Å²) >= 11 is 0. The van der Waals surface area contributed by atoms with Gasteiger partial charge in [-0.05, 0) is 46.6 Å². The van der Waals surface area contributed by atoms with E-state index in [-0.39, 0.29) is 0 Å². The van der Waals surface area contributed by atoms with Gasteiger partial charge in [-0.3, -0.25) is 0 Å². The van der Waals surface area contributed by atoms with Crippen molar-refractivity contribution in [1.29, 1.82) is 0 Å². The Hall–Kier alpha value is -1.26. The van der Waals surface area contributed by atoms with Crippen LogP contribution < -0.4 is 14.8 Å². The molecule has 0 fully saturated rings. The van der Waals surface area contributed by atoms with Crippen molar-refractivity contribution in [2.24, 2.45) is 0 Å². The number of nitrogens with zero attached hydrogens (tertiary/aromatic N) is 1.